The maximum atomic E-state index is 6.30. The lowest BCUT2D eigenvalue weighted by atomic mass is 9.99. The molecule has 0 amide bonds. The molecule has 0 spiro atoms. The minimum Gasteiger partial charge on any atom is -0.320 e. The molecule has 1 heterocycles. The van der Waals surface area contributed by atoms with E-state index in [1.165, 1.54) is 15.3 Å². The topological polar surface area (TPSA) is 26.0 Å². The molecular formula is C14H16ClNS. The number of thiophene rings is 1. The Morgan fingerprint density at radius 2 is 1.88 bits per heavy atom. The summed E-state index contributed by atoms with van der Waals surface area (Å²) in [5.74, 6) is 0. The van der Waals surface area contributed by atoms with Crippen LogP contribution in [0.2, 0.25) is 5.02 Å². The average Bonchev–Trinajstić information content (AvgIpc) is 2.61. The Kier molecular flexibility index (Phi) is 3.57. The van der Waals surface area contributed by atoms with Gasteiger partial charge in [0.05, 0.1) is 6.04 Å². The van der Waals surface area contributed by atoms with Gasteiger partial charge in [-0.1, -0.05) is 23.7 Å². The number of aryl methyl sites for hydroxylation is 3. The third-order valence-electron chi connectivity index (χ3n) is 2.97. The Morgan fingerprint density at radius 1 is 1.18 bits per heavy atom. The van der Waals surface area contributed by atoms with Crippen molar-refractivity contribution < 1.29 is 0 Å². The molecule has 1 aromatic carbocycles. The van der Waals surface area contributed by atoms with E-state index in [0.717, 1.165) is 16.1 Å². The molecule has 2 aromatic rings. The number of halogens is 1. The van der Waals surface area contributed by atoms with Gasteiger partial charge in [0.25, 0.3) is 0 Å². The van der Waals surface area contributed by atoms with Crippen LogP contribution < -0.4 is 5.73 Å². The standard InChI is InChI=1S/C14H16ClNS/c1-8-4-5-11(7-13(8)15)14(16)12-6-9(2)17-10(12)3/h4-7,14H,16H2,1-3H3. The first kappa shape index (κ1) is 12.6. The molecule has 90 valence electrons. The highest BCUT2D eigenvalue weighted by molar-refractivity contribution is 7.12. The Morgan fingerprint density at radius 3 is 2.41 bits per heavy atom. The number of nitrogens with two attached hydrogens (primary N) is 1. The van der Waals surface area contributed by atoms with Gasteiger partial charge in [0.1, 0.15) is 0 Å². The van der Waals surface area contributed by atoms with Crippen LogP contribution in [0.1, 0.15) is 32.5 Å². The van der Waals surface area contributed by atoms with Crippen molar-refractivity contribution in [3.63, 3.8) is 0 Å². The summed E-state index contributed by atoms with van der Waals surface area (Å²) < 4.78 is 0. The van der Waals surface area contributed by atoms with Gasteiger partial charge in [-0.2, -0.15) is 0 Å². The van der Waals surface area contributed by atoms with E-state index >= 15 is 0 Å². The molecule has 0 aliphatic rings. The molecule has 0 bridgehead atoms. The molecular weight excluding hydrogens is 250 g/mol. The second kappa shape index (κ2) is 4.81. The van der Waals surface area contributed by atoms with Crippen molar-refractivity contribution in [2.45, 2.75) is 26.8 Å². The fourth-order valence-corrected chi connectivity index (χ4v) is 3.10. The zero-order valence-corrected chi connectivity index (χ0v) is 11.8. The summed E-state index contributed by atoms with van der Waals surface area (Å²) in [5.41, 5.74) is 9.65. The lowest BCUT2D eigenvalue weighted by molar-refractivity contribution is 0.868. The monoisotopic (exact) mass is 265 g/mol. The van der Waals surface area contributed by atoms with E-state index in [-0.39, 0.29) is 6.04 Å². The summed E-state index contributed by atoms with van der Waals surface area (Å²) >= 11 is 7.92. The Bertz CT molecular complexity index is 545. The first-order valence-electron chi connectivity index (χ1n) is 5.57. The van der Waals surface area contributed by atoms with Gasteiger partial charge in [0.15, 0.2) is 0 Å². The van der Waals surface area contributed by atoms with E-state index in [1.54, 1.807) is 11.3 Å². The minimum atomic E-state index is -0.0851. The van der Waals surface area contributed by atoms with Crippen molar-refractivity contribution in [1.82, 2.24) is 0 Å². The molecule has 0 aliphatic heterocycles. The van der Waals surface area contributed by atoms with Crippen LogP contribution >= 0.6 is 22.9 Å². The van der Waals surface area contributed by atoms with Crippen LogP contribution in [0.15, 0.2) is 24.3 Å². The van der Waals surface area contributed by atoms with Crippen LogP contribution in [-0.2, 0) is 0 Å². The molecule has 3 heteroatoms. The van der Waals surface area contributed by atoms with Crippen LogP contribution in [0.3, 0.4) is 0 Å². The van der Waals surface area contributed by atoms with Crippen LogP contribution in [0.5, 0.6) is 0 Å². The third-order valence-corrected chi connectivity index (χ3v) is 4.36. The van der Waals surface area contributed by atoms with Crippen molar-refractivity contribution in [3.05, 3.63) is 55.7 Å². The highest BCUT2D eigenvalue weighted by atomic mass is 35.5. The summed E-state index contributed by atoms with van der Waals surface area (Å²) in [7, 11) is 0. The van der Waals surface area contributed by atoms with Crippen molar-refractivity contribution >= 4 is 22.9 Å². The van der Waals surface area contributed by atoms with Gasteiger partial charge in [-0.3, -0.25) is 0 Å². The van der Waals surface area contributed by atoms with Crippen molar-refractivity contribution in [2.75, 3.05) is 0 Å². The van der Waals surface area contributed by atoms with Crippen LogP contribution in [-0.4, -0.2) is 0 Å². The minimum absolute atomic E-state index is 0.0851. The molecule has 1 atom stereocenters. The molecule has 0 saturated carbocycles. The maximum Gasteiger partial charge on any atom is 0.0563 e. The van der Waals surface area contributed by atoms with Gasteiger partial charge in [0.2, 0.25) is 0 Å². The summed E-state index contributed by atoms with van der Waals surface area (Å²) in [5, 5.41) is 0.780. The van der Waals surface area contributed by atoms with Crippen LogP contribution in [0.4, 0.5) is 0 Å². The third kappa shape index (κ3) is 2.54. The molecule has 2 N–H and O–H groups in total. The van der Waals surface area contributed by atoms with Gasteiger partial charge in [-0.05, 0) is 49.6 Å². The molecule has 2 rings (SSSR count). The van der Waals surface area contributed by atoms with E-state index < -0.39 is 0 Å². The molecule has 1 aromatic heterocycles. The van der Waals surface area contributed by atoms with Gasteiger partial charge in [-0.25, -0.2) is 0 Å². The zero-order valence-electron chi connectivity index (χ0n) is 10.3. The summed E-state index contributed by atoms with van der Waals surface area (Å²) in [6.07, 6.45) is 0. The van der Waals surface area contributed by atoms with E-state index in [9.17, 15) is 0 Å². The van der Waals surface area contributed by atoms with E-state index in [4.69, 9.17) is 17.3 Å². The molecule has 1 nitrogen and oxygen atoms in total. The predicted octanol–water partition coefficient (Wildman–Crippen LogP) is 4.37. The number of benzene rings is 1. The highest BCUT2D eigenvalue weighted by Gasteiger charge is 2.14. The number of hydrogen-bond acceptors (Lipinski definition) is 2. The van der Waals surface area contributed by atoms with Gasteiger partial charge < -0.3 is 5.73 Å². The molecule has 1 unspecified atom stereocenters. The SMILES string of the molecule is Cc1cc(C(N)c2ccc(C)c(Cl)c2)c(C)s1. The Balaban J connectivity index is 2.40. The van der Waals surface area contributed by atoms with Crippen molar-refractivity contribution in [2.24, 2.45) is 5.73 Å². The Hall–Kier alpha value is -0.830. The fraction of sp³-hybridized carbons (Fsp3) is 0.286. The van der Waals surface area contributed by atoms with Crippen molar-refractivity contribution in [1.29, 1.82) is 0 Å². The molecule has 0 aliphatic carbocycles. The first-order valence-corrected chi connectivity index (χ1v) is 6.77. The van der Waals surface area contributed by atoms with Gasteiger partial charge >= 0.3 is 0 Å². The lowest BCUT2D eigenvalue weighted by Gasteiger charge is -2.13. The molecule has 0 fully saturated rings. The second-order valence-electron chi connectivity index (χ2n) is 4.35. The fourth-order valence-electron chi connectivity index (χ4n) is 1.94. The van der Waals surface area contributed by atoms with E-state index in [2.05, 4.69) is 26.0 Å². The zero-order chi connectivity index (χ0) is 12.6. The van der Waals surface area contributed by atoms with Crippen LogP contribution in [0.25, 0.3) is 0 Å². The average molecular weight is 266 g/mol. The van der Waals surface area contributed by atoms with Crippen LogP contribution in [0, 0.1) is 20.8 Å². The summed E-state index contributed by atoms with van der Waals surface area (Å²) in [4.78, 5) is 2.58. The number of rotatable bonds is 2. The lowest BCUT2D eigenvalue weighted by Crippen LogP contribution is -2.12. The largest absolute Gasteiger partial charge is 0.320 e. The summed E-state index contributed by atoms with van der Waals surface area (Å²) in [6, 6.07) is 8.12. The highest BCUT2D eigenvalue weighted by Crippen LogP contribution is 2.30. The smallest absolute Gasteiger partial charge is 0.0563 e. The van der Waals surface area contributed by atoms with E-state index in [1.807, 2.05) is 19.1 Å². The second-order valence-corrected chi connectivity index (χ2v) is 6.22. The first-order chi connectivity index (χ1) is 7.99. The van der Waals surface area contributed by atoms with Gasteiger partial charge in [-0.15, -0.1) is 11.3 Å². The van der Waals surface area contributed by atoms with E-state index in [0.29, 0.717) is 0 Å². The quantitative estimate of drug-likeness (QED) is 0.857. The maximum absolute atomic E-state index is 6.30. The van der Waals surface area contributed by atoms with Gasteiger partial charge in [0, 0.05) is 14.8 Å². The normalized spacial score (nSPS) is 12.8. The molecule has 0 radical (unpaired) electrons. The number of hydrogen-bond donors (Lipinski definition) is 1. The molecule has 17 heavy (non-hydrogen) atoms. The summed E-state index contributed by atoms with van der Waals surface area (Å²) in [6.45, 7) is 6.22. The Labute approximate surface area is 111 Å². The predicted molar refractivity (Wildman–Crippen MR) is 76.0 cm³/mol. The molecule has 0 saturated heterocycles. The van der Waals surface area contributed by atoms with Crippen molar-refractivity contribution in [3.8, 4) is 0 Å².